The standard InChI is InChI=1S/C17H25NO5/c1-17(2,3)23-16(21)18-14(15(20)22-4)13(11-19)10-12-8-6-5-7-9-12/h5-9,13-14,19H,10-11H2,1-4H3,(H,18,21)/t13-,14-/m0/s1. The number of ether oxygens (including phenoxy) is 2. The molecule has 0 aromatic heterocycles. The van der Waals surface area contributed by atoms with E-state index >= 15 is 0 Å². The molecule has 0 heterocycles. The lowest BCUT2D eigenvalue weighted by atomic mass is 9.93. The number of hydrogen-bond acceptors (Lipinski definition) is 5. The molecule has 2 N–H and O–H groups in total. The number of aliphatic hydroxyl groups excluding tert-OH is 1. The van der Waals surface area contributed by atoms with E-state index in [1.807, 2.05) is 30.3 Å². The maximum Gasteiger partial charge on any atom is 0.408 e. The molecule has 6 nitrogen and oxygen atoms in total. The van der Waals surface area contributed by atoms with Gasteiger partial charge in [0.25, 0.3) is 0 Å². The number of alkyl carbamates (subject to hydrolysis) is 1. The van der Waals surface area contributed by atoms with Gasteiger partial charge in [0.2, 0.25) is 0 Å². The molecule has 0 saturated heterocycles. The van der Waals surface area contributed by atoms with Crippen LogP contribution < -0.4 is 5.32 Å². The Labute approximate surface area is 136 Å². The molecule has 0 saturated carbocycles. The maximum atomic E-state index is 12.0. The van der Waals surface area contributed by atoms with E-state index in [1.54, 1.807) is 20.8 Å². The lowest BCUT2D eigenvalue weighted by Crippen LogP contribution is -2.49. The largest absolute Gasteiger partial charge is 0.467 e. The number of rotatable bonds is 6. The highest BCUT2D eigenvalue weighted by Gasteiger charge is 2.32. The van der Waals surface area contributed by atoms with E-state index in [1.165, 1.54) is 7.11 Å². The Kier molecular flexibility index (Phi) is 7.03. The van der Waals surface area contributed by atoms with Gasteiger partial charge in [-0.15, -0.1) is 0 Å². The maximum absolute atomic E-state index is 12.0. The highest BCUT2D eigenvalue weighted by Crippen LogP contribution is 2.15. The molecule has 23 heavy (non-hydrogen) atoms. The van der Waals surface area contributed by atoms with Crippen molar-refractivity contribution in [2.45, 2.75) is 38.8 Å². The normalized spacial score (nSPS) is 13.8. The van der Waals surface area contributed by atoms with Crippen molar-refractivity contribution in [3.05, 3.63) is 35.9 Å². The summed E-state index contributed by atoms with van der Waals surface area (Å²) >= 11 is 0. The first kappa shape index (κ1) is 19.0. The molecule has 2 atom stereocenters. The van der Waals surface area contributed by atoms with Crippen molar-refractivity contribution >= 4 is 12.1 Å². The number of carbonyl (C=O) groups is 2. The Morgan fingerprint density at radius 2 is 1.83 bits per heavy atom. The topological polar surface area (TPSA) is 84.9 Å². The third-order valence-electron chi connectivity index (χ3n) is 3.17. The molecule has 1 amide bonds. The van der Waals surface area contributed by atoms with Crippen molar-refractivity contribution in [2.75, 3.05) is 13.7 Å². The van der Waals surface area contributed by atoms with Gasteiger partial charge in [-0.05, 0) is 32.8 Å². The van der Waals surface area contributed by atoms with E-state index in [-0.39, 0.29) is 6.61 Å². The summed E-state index contributed by atoms with van der Waals surface area (Å²) in [6.45, 7) is 4.91. The van der Waals surface area contributed by atoms with Crippen LogP contribution in [0.3, 0.4) is 0 Å². The van der Waals surface area contributed by atoms with E-state index in [4.69, 9.17) is 9.47 Å². The molecule has 1 rings (SSSR count). The Balaban J connectivity index is 2.85. The molecule has 0 fully saturated rings. The summed E-state index contributed by atoms with van der Waals surface area (Å²) in [6.07, 6.45) is -0.299. The minimum atomic E-state index is -0.986. The Morgan fingerprint density at radius 3 is 2.30 bits per heavy atom. The van der Waals surface area contributed by atoms with Crippen LogP contribution in [0.5, 0.6) is 0 Å². The van der Waals surface area contributed by atoms with Crippen LogP contribution in [-0.2, 0) is 20.7 Å². The first-order chi connectivity index (χ1) is 10.8. The smallest absolute Gasteiger partial charge is 0.408 e. The Morgan fingerprint density at radius 1 is 1.22 bits per heavy atom. The Bertz CT molecular complexity index is 509. The highest BCUT2D eigenvalue weighted by molar-refractivity contribution is 5.81. The summed E-state index contributed by atoms with van der Waals surface area (Å²) in [5, 5.41) is 12.1. The lowest BCUT2D eigenvalue weighted by Gasteiger charge is -2.26. The molecule has 0 radical (unpaired) electrons. The summed E-state index contributed by atoms with van der Waals surface area (Å²) in [4.78, 5) is 23.9. The lowest BCUT2D eigenvalue weighted by molar-refractivity contribution is -0.145. The van der Waals surface area contributed by atoms with Crippen molar-refractivity contribution in [3.63, 3.8) is 0 Å². The minimum absolute atomic E-state index is 0.273. The van der Waals surface area contributed by atoms with Crippen molar-refractivity contribution in [3.8, 4) is 0 Å². The van der Waals surface area contributed by atoms with E-state index in [2.05, 4.69) is 5.32 Å². The van der Waals surface area contributed by atoms with Crippen molar-refractivity contribution in [1.29, 1.82) is 0 Å². The first-order valence-electron chi connectivity index (χ1n) is 7.49. The number of methoxy groups -OCH3 is 1. The average Bonchev–Trinajstić information content (AvgIpc) is 2.49. The highest BCUT2D eigenvalue weighted by atomic mass is 16.6. The van der Waals surface area contributed by atoms with Crippen LogP contribution in [0, 0.1) is 5.92 Å². The summed E-state index contributed by atoms with van der Waals surface area (Å²) in [5.41, 5.74) is 0.269. The van der Waals surface area contributed by atoms with Gasteiger partial charge < -0.3 is 19.9 Å². The fourth-order valence-corrected chi connectivity index (χ4v) is 2.14. The predicted molar refractivity (Wildman–Crippen MR) is 85.9 cm³/mol. The number of carbonyl (C=O) groups excluding carboxylic acids is 2. The molecule has 0 bridgehead atoms. The van der Waals surface area contributed by atoms with Gasteiger partial charge in [0.05, 0.1) is 7.11 Å². The fraction of sp³-hybridized carbons (Fsp3) is 0.529. The first-order valence-corrected chi connectivity index (χ1v) is 7.49. The third kappa shape index (κ3) is 6.69. The molecule has 0 aliphatic carbocycles. The van der Waals surface area contributed by atoms with Crippen LogP contribution in [-0.4, -0.2) is 42.5 Å². The summed E-state index contributed by atoms with van der Waals surface area (Å²) < 4.78 is 9.91. The zero-order valence-electron chi connectivity index (χ0n) is 14.0. The number of aliphatic hydroxyl groups is 1. The van der Waals surface area contributed by atoms with Crippen LogP contribution in [0.25, 0.3) is 0 Å². The minimum Gasteiger partial charge on any atom is -0.467 e. The van der Waals surface area contributed by atoms with E-state index in [0.717, 1.165) is 5.56 Å². The summed E-state index contributed by atoms with van der Waals surface area (Å²) in [6, 6.07) is 8.43. The van der Waals surface area contributed by atoms with Gasteiger partial charge in [0.15, 0.2) is 0 Å². The van der Waals surface area contributed by atoms with Crippen LogP contribution in [0.1, 0.15) is 26.3 Å². The quantitative estimate of drug-likeness (QED) is 0.781. The third-order valence-corrected chi connectivity index (χ3v) is 3.17. The predicted octanol–water partition coefficient (Wildman–Crippen LogP) is 1.90. The van der Waals surface area contributed by atoms with Crippen molar-refractivity contribution in [2.24, 2.45) is 5.92 Å². The molecule has 0 unspecified atom stereocenters. The van der Waals surface area contributed by atoms with Gasteiger partial charge >= 0.3 is 12.1 Å². The molecule has 0 spiro atoms. The molecule has 1 aromatic carbocycles. The molecular weight excluding hydrogens is 298 g/mol. The number of benzene rings is 1. The second kappa shape index (κ2) is 8.53. The molecule has 1 aromatic rings. The van der Waals surface area contributed by atoms with Crippen molar-refractivity contribution < 1.29 is 24.2 Å². The van der Waals surface area contributed by atoms with Gasteiger partial charge in [-0.3, -0.25) is 0 Å². The Hall–Kier alpha value is -2.08. The van der Waals surface area contributed by atoms with Crippen LogP contribution in [0.4, 0.5) is 4.79 Å². The zero-order valence-corrected chi connectivity index (χ0v) is 14.0. The van der Waals surface area contributed by atoms with Gasteiger partial charge in [-0.25, -0.2) is 9.59 Å². The van der Waals surface area contributed by atoms with E-state index in [0.29, 0.717) is 6.42 Å². The van der Waals surface area contributed by atoms with Gasteiger partial charge in [-0.2, -0.15) is 0 Å². The monoisotopic (exact) mass is 323 g/mol. The SMILES string of the molecule is COC(=O)[C@@H](NC(=O)OC(C)(C)C)[C@H](CO)Cc1ccccc1. The summed E-state index contributed by atoms with van der Waals surface area (Å²) in [7, 11) is 1.24. The van der Waals surface area contributed by atoms with E-state index < -0.39 is 29.6 Å². The zero-order chi connectivity index (χ0) is 17.5. The molecule has 0 aliphatic heterocycles. The number of esters is 1. The van der Waals surface area contributed by atoms with Gasteiger partial charge in [0.1, 0.15) is 11.6 Å². The number of amides is 1. The van der Waals surface area contributed by atoms with Crippen LogP contribution in [0.15, 0.2) is 30.3 Å². The molecule has 0 aliphatic rings. The molecule has 128 valence electrons. The fourth-order valence-electron chi connectivity index (χ4n) is 2.14. The molecule has 6 heteroatoms. The number of nitrogens with one attached hydrogen (secondary N) is 1. The second-order valence-electron chi connectivity index (χ2n) is 6.28. The average molecular weight is 323 g/mol. The van der Waals surface area contributed by atoms with Gasteiger partial charge in [0, 0.05) is 12.5 Å². The van der Waals surface area contributed by atoms with Crippen molar-refractivity contribution in [1.82, 2.24) is 5.32 Å². The summed E-state index contributed by atoms with van der Waals surface area (Å²) in [5.74, 6) is -1.14. The molecular formula is C17H25NO5. The van der Waals surface area contributed by atoms with Crippen LogP contribution >= 0.6 is 0 Å². The second-order valence-corrected chi connectivity index (χ2v) is 6.28. The van der Waals surface area contributed by atoms with Crippen LogP contribution in [0.2, 0.25) is 0 Å². The number of hydrogen-bond donors (Lipinski definition) is 2. The van der Waals surface area contributed by atoms with E-state index in [9.17, 15) is 14.7 Å². The van der Waals surface area contributed by atoms with Gasteiger partial charge in [-0.1, -0.05) is 30.3 Å².